The molecule has 0 radical (unpaired) electrons. The Morgan fingerprint density at radius 2 is 1.19 bits per heavy atom. The second-order valence-electron chi connectivity index (χ2n) is 3.70. The number of rotatable bonds is 3. The molecule has 0 atom stereocenters. The maximum atomic E-state index is 10.8. The molecule has 2 aromatic rings. The highest BCUT2D eigenvalue weighted by molar-refractivity contribution is 7.00. The van der Waals surface area contributed by atoms with Gasteiger partial charge >= 0.3 is 0 Å². The van der Waals surface area contributed by atoms with E-state index in [0.717, 1.165) is 10.4 Å². The molecule has 16 heavy (non-hydrogen) atoms. The monoisotopic (exact) mass is 226 g/mol. The normalized spacial score (nSPS) is 11.1. The second kappa shape index (κ2) is 4.47. The van der Waals surface area contributed by atoms with Gasteiger partial charge in [-0.1, -0.05) is 66.4 Å². The van der Waals surface area contributed by atoms with Crippen LogP contribution in [0.4, 0.5) is 0 Å². The average molecular weight is 226 g/mol. The molecule has 2 rings (SSSR count). The van der Waals surface area contributed by atoms with Crippen molar-refractivity contribution in [2.24, 2.45) is 0 Å². The van der Waals surface area contributed by atoms with Gasteiger partial charge in [0.2, 0.25) is 0 Å². The quantitative estimate of drug-likeness (QED) is 0.786. The summed E-state index contributed by atoms with van der Waals surface area (Å²) >= 11 is 0. The molecule has 0 heterocycles. The Bertz CT molecular complexity index is 425. The van der Waals surface area contributed by atoms with E-state index >= 15 is 0 Å². The molecule has 0 spiro atoms. The summed E-state index contributed by atoms with van der Waals surface area (Å²) in [5.74, 6) is 0. The SMILES string of the molecule is C=C[Si](O)(c1ccccc1)c1ccccc1. The van der Waals surface area contributed by atoms with Crippen LogP contribution in [0, 0.1) is 0 Å². The first-order valence-corrected chi connectivity index (χ1v) is 7.27. The molecule has 0 aliphatic heterocycles. The molecule has 0 amide bonds. The molecule has 0 saturated heterocycles. The van der Waals surface area contributed by atoms with Crippen molar-refractivity contribution < 1.29 is 4.80 Å². The van der Waals surface area contributed by atoms with Gasteiger partial charge in [-0.2, -0.15) is 0 Å². The third-order valence-electron chi connectivity index (χ3n) is 2.72. The van der Waals surface area contributed by atoms with Gasteiger partial charge in [-0.15, -0.1) is 6.58 Å². The molecule has 0 saturated carbocycles. The van der Waals surface area contributed by atoms with E-state index in [9.17, 15) is 4.80 Å². The minimum absolute atomic E-state index is 0.969. The summed E-state index contributed by atoms with van der Waals surface area (Å²) in [4.78, 5) is 10.8. The molecule has 1 nitrogen and oxygen atoms in total. The summed E-state index contributed by atoms with van der Waals surface area (Å²) in [5.41, 5.74) is 1.71. The molecule has 0 fully saturated rings. The molecule has 0 aliphatic carbocycles. The van der Waals surface area contributed by atoms with Gasteiger partial charge in [-0.3, -0.25) is 0 Å². The molecule has 80 valence electrons. The summed E-state index contributed by atoms with van der Waals surface area (Å²) < 4.78 is 0. The molecule has 2 heteroatoms. The molecule has 1 N–H and O–H groups in total. The summed E-state index contributed by atoms with van der Waals surface area (Å²) in [6.07, 6.45) is 0. The Morgan fingerprint density at radius 1 is 0.812 bits per heavy atom. The van der Waals surface area contributed by atoms with Crippen molar-refractivity contribution in [1.29, 1.82) is 0 Å². The highest BCUT2D eigenvalue weighted by Crippen LogP contribution is 2.02. The Kier molecular flexibility index (Phi) is 3.04. The van der Waals surface area contributed by atoms with Gasteiger partial charge in [-0.05, 0) is 10.4 Å². The van der Waals surface area contributed by atoms with Gasteiger partial charge in [0, 0.05) is 0 Å². The number of hydrogen-bond donors (Lipinski definition) is 1. The second-order valence-corrected chi connectivity index (χ2v) is 6.80. The molecule has 0 bridgehead atoms. The van der Waals surface area contributed by atoms with E-state index in [1.54, 1.807) is 5.70 Å². The Balaban J connectivity index is 2.53. The maximum Gasteiger partial charge on any atom is 0.277 e. The fourth-order valence-electron chi connectivity index (χ4n) is 1.79. The summed E-state index contributed by atoms with van der Waals surface area (Å²) in [6, 6.07) is 19.5. The van der Waals surface area contributed by atoms with Crippen LogP contribution in [0.15, 0.2) is 72.9 Å². The van der Waals surface area contributed by atoms with Crippen molar-refractivity contribution in [1.82, 2.24) is 0 Å². The molecule has 0 aliphatic rings. The van der Waals surface area contributed by atoms with Gasteiger partial charge < -0.3 is 4.80 Å². The van der Waals surface area contributed by atoms with Crippen LogP contribution in [0.5, 0.6) is 0 Å². The largest absolute Gasteiger partial charge is 0.421 e. The third-order valence-corrected chi connectivity index (χ3v) is 5.74. The van der Waals surface area contributed by atoms with Crippen molar-refractivity contribution >= 4 is 18.7 Å². The standard InChI is InChI=1S/C14H14OSi/c1-2-16(15,13-9-5-3-6-10-13)14-11-7-4-8-12-14/h2-12,15H,1H2. The van der Waals surface area contributed by atoms with E-state index in [-0.39, 0.29) is 0 Å². The molecular formula is C14H14OSi. The van der Waals surface area contributed by atoms with Crippen molar-refractivity contribution in [3.63, 3.8) is 0 Å². The molecule has 0 unspecified atom stereocenters. The first-order valence-electron chi connectivity index (χ1n) is 5.24. The lowest BCUT2D eigenvalue weighted by atomic mass is 10.4. The predicted molar refractivity (Wildman–Crippen MR) is 70.3 cm³/mol. The first-order chi connectivity index (χ1) is 7.77. The minimum atomic E-state index is -2.71. The Morgan fingerprint density at radius 3 is 1.50 bits per heavy atom. The Hall–Kier alpha value is -1.64. The van der Waals surface area contributed by atoms with Crippen LogP contribution in [0.2, 0.25) is 0 Å². The van der Waals surface area contributed by atoms with Crippen LogP contribution in [0.1, 0.15) is 0 Å². The summed E-state index contributed by atoms with van der Waals surface area (Å²) in [7, 11) is -2.71. The highest BCUT2D eigenvalue weighted by Gasteiger charge is 2.31. The van der Waals surface area contributed by atoms with E-state index in [4.69, 9.17) is 0 Å². The first kappa shape index (κ1) is 10.9. The zero-order valence-electron chi connectivity index (χ0n) is 9.01. The van der Waals surface area contributed by atoms with Crippen LogP contribution >= 0.6 is 0 Å². The lowest BCUT2D eigenvalue weighted by Gasteiger charge is -2.21. The van der Waals surface area contributed by atoms with Crippen LogP contribution in [-0.4, -0.2) is 13.1 Å². The molecular weight excluding hydrogens is 212 g/mol. The molecule has 2 aromatic carbocycles. The number of hydrogen-bond acceptors (Lipinski definition) is 1. The van der Waals surface area contributed by atoms with Crippen molar-refractivity contribution in [2.75, 3.05) is 0 Å². The van der Waals surface area contributed by atoms with Gasteiger partial charge in [0.15, 0.2) is 0 Å². The summed E-state index contributed by atoms with van der Waals surface area (Å²) in [6.45, 7) is 3.80. The average Bonchev–Trinajstić information content (AvgIpc) is 2.40. The van der Waals surface area contributed by atoms with Crippen LogP contribution in [-0.2, 0) is 0 Å². The summed E-state index contributed by atoms with van der Waals surface area (Å²) in [5, 5.41) is 1.94. The fourth-order valence-corrected chi connectivity index (χ4v) is 3.99. The van der Waals surface area contributed by atoms with Gasteiger partial charge in [0.05, 0.1) is 0 Å². The third kappa shape index (κ3) is 1.85. The zero-order valence-corrected chi connectivity index (χ0v) is 10.0. The van der Waals surface area contributed by atoms with Crippen molar-refractivity contribution in [3.05, 3.63) is 72.9 Å². The van der Waals surface area contributed by atoms with Crippen LogP contribution in [0.3, 0.4) is 0 Å². The topological polar surface area (TPSA) is 20.2 Å². The van der Waals surface area contributed by atoms with E-state index in [0.29, 0.717) is 0 Å². The minimum Gasteiger partial charge on any atom is -0.421 e. The lowest BCUT2D eigenvalue weighted by Crippen LogP contribution is -2.57. The molecule has 0 aromatic heterocycles. The lowest BCUT2D eigenvalue weighted by molar-refractivity contribution is 0.582. The van der Waals surface area contributed by atoms with E-state index in [1.807, 2.05) is 60.7 Å². The highest BCUT2D eigenvalue weighted by atomic mass is 28.4. The Labute approximate surface area is 96.8 Å². The van der Waals surface area contributed by atoms with Gasteiger partial charge in [0.1, 0.15) is 0 Å². The van der Waals surface area contributed by atoms with Crippen molar-refractivity contribution in [2.45, 2.75) is 0 Å². The van der Waals surface area contributed by atoms with E-state index < -0.39 is 8.32 Å². The van der Waals surface area contributed by atoms with E-state index in [2.05, 4.69) is 6.58 Å². The van der Waals surface area contributed by atoms with Crippen LogP contribution in [0.25, 0.3) is 0 Å². The smallest absolute Gasteiger partial charge is 0.277 e. The van der Waals surface area contributed by atoms with Crippen molar-refractivity contribution in [3.8, 4) is 0 Å². The number of benzene rings is 2. The van der Waals surface area contributed by atoms with Gasteiger partial charge in [0.25, 0.3) is 8.32 Å². The van der Waals surface area contributed by atoms with E-state index in [1.165, 1.54) is 0 Å². The predicted octanol–water partition coefficient (Wildman–Crippen LogP) is 1.46. The van der Waals surface area contributed by atoms with Gasteiger partial charge in [-0.25, -0.2) is 0 Å². The fraction of sp³-hybridized carbons (Fsp3) is 0. The van der Waals surface area contributed by atoms with Crippen LogP contribution < -0.4 is 10.4 Å². The zero-order chi connectivity index (χ0) is 11.4. The maximum absolute atomic E-state index is 10.8.